The minimum atomic E-state index is -4.36. The summed E-state index contributed by atoms with van der Waals surface area (Å²) < 4.78 is 43.8. The van der Waals surface area contributed by atoms with Crippen molar-refractivity contribution in [2.45, 2.75) is 38.0 Å². The normalized spacial score (nSPS) is 24.6. The van der Waals surface area contributed by atoms with Gasteiger partial charge in [0.05, 0.1) is 18.7 Å². The van der Waals surface area contributed by atoms with E-state index in [4.69, 9.17) is 4.42 Å². The topological polar surface area (TPSA) is 62.5 Å². The average molecular weight is 305 g/mol. The second-order valence-corrected chi connectivity index (χ2v) is 5.32. The highest BCUT2D eigenvalue weighted by Crippen LogP contribution is 2.41. The van der Waals surface area contributed by atoms with Gasteiger partial charge in [0.1, 0.15) is 11.9 Å². The molecule has 0 saturated heterocycles. The number of alkyl halides is 3. The van der Waals surface area contributed by atoms with Gasteiger partial charge in [-0.3, -0.25) is 4.79 Å². The second kappa shape index (κ2) is 6.51. The number of carbonyl (C=O) groups is 1. The standard InChI is InChI=1S/C14H18F3NO3/c15-14(16,17)10-5-2-1-4-9(10)13(20)18-8-11(19)12-6-3-7-21-12/h3,6-7,9-11,19H,1-2,4-5,8H2,(H,18,20)/t9-,10-,11+/m1/s1. The fourth-order valence-corrected chi connectivity index (χ4v) is 2.75. The van der Waals surface area contributed by atoms with Crippen molar-refractivity contribution >= 4 is 5.91 Å². The molecule has 1 saturated carbocycles. The molecular weight excluding hydrogens is 287 g/mol. The maximum atomic E-state index is 12.9. The quantitative estimate of drug-likeness (QED) is 0.899. The molecule has 0 spiro atoms. The van der Waals surface area contributed by atoms with Crippen molar-refractivity contribution in [3.05, 3.63) is 24.2 Å². The Labute approximate surface area is 120 Å². The van der Waals surface area contributed by atoms with Crippen molar-refractivity contribution in [3.63, 3.8) is 0 Å². The number of nitrogens with one attached hydrogen (secondary N) is 1. The van der Waals surface area contributed by atoms with Gasteiger partial charge in [-0.2, -0.15) is 13.2 Å². The summed E-state index contributed by atoms with van der Waals surface area (Å²) in [6.45, 7) is -0.159. The number of halogens is 3. The van der Waals surface area contributed by atoms with E-state index in [2.05, 4.69) is 5.32 Å². The molecule has 0 bridgehead atoms. The number of furan rings is 1. The van der Waals surface area contributed by atoms with Crippen LogP contribution in [0.15, 0.2) is 22.8 Å². The van der Waals surface area contributed by atoms with E-state index in [0.717, 1.165) is 0 Å². The molecule has 7 heteroatoms. The molecule has 21 heavy (non-hydrogen) atoms. The molecule has 3 atom stereocenters. The largest absolute Gasteiger partial charge is 0.467 e. The van der Waals surface area contributed by atoms with Crippen molar-refractivity contribution in [3.8, 4) is 0 Å². The van der Waals surface area contributed by atoms with Crippen LogP contribution in [0.2, 0.25) is 0 Å². The van der Waals surface area contributed by atoms with Gasteiger partial charge >= 0.3 is 6.18 Å². The van der Waals surface area contributed by atoms with Crippen molar-refractivity contribution in [1.82, 2.24) is 5.32 Å². The molecule has 1 aromatic rings. The molecule has 0 unspecified atom stereocenters. The zero-order chi connectivity index (χ0) is 15.5. The number of hydrogen-bond acceptors (Lipinski definition) is 3. The summed E-state index contributed by atoms with van der Waals surface area (Å²) in [6.07, 6.45) is -2.72. The molecule has 118 valence electrons. The highest BCUT2D eigenvalue weighted by atomic mass is 19.4. The van der Waals surface area contributed by atoms with E-state index in [1.54, 1.807) is 6.07 Å². The lowest BCUT2D eigenvalue weighted by Gasteiger charge is -2.32. The fraction of sp³-hybridized carbons (Fsp3) is 0.643. The highest BCUT2D eigenvalue weighted by molar-refractivity contribution is 5.79. The molecule has 1 heterocycles. The smallest absolute Gasteiger partial charge is 0.392 e. The molecule has 0 radical (unpaired) electrons. The molecule has 2 N–H and O–H groups in total. The Bertz CT molecular complexity index is 459. The highest BCUT2D eigenvalue weighted by Gasteiger charge is 2.47. The third kappa shape index (κ3) is 4.00. The van der Waals surface area contributed by atoms with E-state index in [1.807, 2.05) is 0 Å². The first kappa shape index (κ1) is 15.9. The summed E-state index contributed by atoms with van der Waals surface area (Å²) >= 11 is 0. The summed E-state index contributed by atoms with van der Waals surface area (Å²) in [5.74, 6) is -3.04. The molecule has 1 aromatic heterocycles. The Morgan fingerprint density at radius 2 is 2.14 bits per heavy atom. The van der Waals surface area contributed by atoms with Crippen molar-refractivity contribution < 1.29 is 27.5 Å². The van der Waals surface area contributed by atoms with E-state index < -0.39 is 30.0 Å². The zero-order valence-corrected chi connectivity index (χ0v) is 11.4. The Morgan fingerprint density at radius 3 is 2.76 bits per heavy atom. The van der Waals surface area contributed by atoms with Crippen LogP contribution in [0.1, 0.15) is 37.5 Å². The molecule has 1 aliphatic carbocycles. The summed E-state index contributed by atoms with van der Waals surface area (Å²) in [7, 11) is 0. The first-order valence-corrected chi connectivity index (χ1v) is 6.95. The number of rotatable bonds is 4. The number of aliphatic hydroxyl groups excluding tert-OH is 1. The SMILES string of the molecule is O=C(NC[C@H](O)c1ccco1)[C@@H]1CCCC[C@H]1C(F)(F)F. The Morgan fingerprint density at radius 1 is 1.43 bits per heavy atom. The van der Waals surface area contributed by atoms with Crippen LogP contribution in [0.4, 0.5) is 13.2 Å². The van der Waals surface area contributed by atoms with Crippen LogP contribution in [-0.4, -0.2) is 23.7 Å². The van der Waals surface area contributed by atoms with Gasteiger partial charge in [0.15, 0.2) is 0 Å². The second-order valence-electron chi connectivity index (χ2n) is 5.32. The van der Waals surface area contributed by atoms with E-state index >= 15 is 0 Å². The summed E-state index contributed by atoms with van der Waals surface area (Å²) in [4.78, 5) is 12.0. The molecular formula is C14H18F3NO3. The lowest BCUT2D eigenvalue weighted by molar-refractivity contribution is -0.198. The molecule has 2 rings (SSSR count). The summed E-state index contributed by atoms with van der Waals surface area (Å²) in [5, 5.41) is 12.1. The first-order chi connectivity index (χ1) is 9.89. The lowest BCUT2D eigenvalue weighted by atomic mass is 9.78. The van der Waals surface area contributed by atoms with Gasteiger partial charge in [-0.25, -0.2) is 0 Å². The first-order valence-electron chi connectivity index (χ1n) is 6.95. The van der Waals surface area contributed by atoms with Crippen molar-refractivity contribution in [2.75, 3.05) is 6.54 Å². The third-order valence-electron chi connectivity index (χ3n) is 3.86. The number of aliphatic hydroxyl groups is 1. The van der Waals surface area contributed by atoms with E-state index in [9.17, 15) is 23.1 Å². The van der Waals surface area contributed by atoms with Crippen LogP contribution in [-0.2, 0) is 4.79 Å². The van der Waals surface area contributed by atoms with Gasteiger partial charge in [0.2, 0.25) is 5.91 Å². The van der Waals surface area contributed by atoms with Gasteiger partial charge in [-0.15, -0.1) is 0 Å². The molecule has 1 amide bonds. The summed E-state index contributed by atoms with van der Waals surface area (Å²) in [5.41, 5.74) is 0. The van der Waals surface area contributed by atoms with Crippen molar-refractivity contribution in [1.29, 1.82) is 0 Å². The van der Waals surface area contributed by atoms with Crippen LogP contribution < -0.4 is 5.32 Å². The monoisotopic (exact) mass is 305 g/mol. The van der Waals surface area contributed by atoms with Crippen LogP contribution in [0, 0.1) is 11.8 Å². The Hall–Kier alpha value is -1.50. The minimum absolute atomic E-state index is 0.0116. The summed E-state index contributed by atoms with van der Waals surface area (Å²) in [6, 6.07) is 3.12. The maximum absolute atomic E-state index is 12.9. The number of amides is 1. The molecule has 1 fully saturated rings. The molecule has 4 nitrogen and oxygen atoms in total. The number of hydrogen-bond donors (Lipinski definition) is 2. The molecule has 1 aliphatic rings. The van der Waals surface area contributed by atoms with E-state index in [1.165, 1.54) is 12.3 Å². The third-order valence-corrected chi connectivity index (χ3v) is 3.86. The van der Waals surface area contributed by atoms with Gasteiger partial charge in [-0.1, -0.05) is 12.8 Å². The van der Waals surface area contributed by atoms with Gasteiger partial charge < -0.3 is 14.8 Å². The van der Waals surface area contributed by atoms with E-state index in [-0.39, 0.29) is 25.1 Å². The average Bonchev–Trinajstić information content (AvgIpc) is 2.97. The van der Waals surface area contributed by atoms with Crippen molar-refractivity contribution in [2.24, 2.45) is 11.8 Å². The van der Waals surface area contributed by atoms with E-state index in [0.29, 0.717) is 12.8 Å². The zero-order valence-electron chi connectivity index (χ0n) is 11.4. The van der Waals surface area contributed by atoms with Crippen LogP contribution in [0.5, 0.6) is 0 Å². The predicted octanol–water partition coefficient (Wildman–Crippen LogP) is 2.80. The molecule has 0 aromatic carbocycles. The Kier molecular flexibility index (Phi) is 4.92. The number of carbonyl (C=O) groups excluding carboxylic acids is 1. The van der Waals surface area contributed by atoms with Gasteiger partial charge in [0, 0.05) is 5.92 Å². The Balaban J connectivity index is 1.92. The van der Waals surface area contributed by atoms with Crippen LogP contribution in [0.3, 0.4) is 0 Å². The van der Waals surface area contributed by atoms with Gasteiger partial charge in [-0.05, 0) is 25.0 Å². The predicted molar refractivity (Wildman–Crippen MR) is 68.2 cm³/mol. The van der Waals surface area contributed by atoms with Gasteiger partial charge in [0.25, 0.3) is 0 Å². The minimum Gasteiger partial charge on any atom is -0.467 e. The van der Waals surface area contributed by atoms with Crippen LogP contribution >= 0.6 is 0 Å². The lowest BCUT2D eigenvalue weighted by Crippen LogP contribution is -2.43. The molecule has 0 aliphatic heterocycles. The fourth-order valence-electron chi connectivity index (χ4n) is 2.75. The van der Waals surface area contributed by atoms with Crippen LogP contribution in [0.25, 0.3) is 0 Å². The maximum Gasteiger partial charge on any atom is 0.392 e.